The highest BCUT2D eigenvalue weighted by atomic mass is 16.3. The van der Waals surface area contributed by atoms with E-state index in [2.05, 4.69) is 62.9 Å². The van der Waals surface area contributed by atoms with Gasteiger partial charge in [-0.1, -0.05) is 68.4 Å². The molecule has 2 amide bonds. The van der Waals surface area contributed by atoms with Gasteiger partial charge in [-0.05, 0) is 92.7 Å². The molecule has 4 rings (SSSR count). The first-order valence-electron chi connectivity index (χ1n) is 16.7. The summed E-state index contributed by atoms with van der Waals surface area (Å²) in [6.45, 7) is 9.89. The number of nitrogens with zero attached hydrogens (tertiary/aromatic N) is 2. The predicted octanol–water partition coefficient (Wildman–Crippen LogP) is 5.65. The molecule has 0 aliphatic carbocycles. The van der Waals surface area contributed by atoms with E-state index >= 15 is 0 Å². The fourth-order valence-corrected chi connectivity index (χ4v) is 5.96. The normalized spacial score (nSPS) is 13.4. The van der Waals surface area contributed by atoms with E-state index in [4.69, 9.17) is 0 Å². The second kappa shape index (κ2) is 18.2. The first-order chi connectivity index (χ1) is 22.4. The predicted molar refractivity (Wildman–Crippen MR) is 184 cm³/mol. The smallest absolute Gasteiger partial charge is 0.251 e. The van der Waals surface area contributed by atoms with Crippen LogP contribution in [0.4, 0.5) is 0 Å². The Balaban J connectivity index is 1.42. The highest BCUT2D eigenvalue weighted by Gasteiger charge is 2.24. The maximum Gasteiger partial charge on any atom is 0.251 e. The van der Waals surface area contributed by atoms with Crippen LogP contribution in [-0.4, -0.2) is 64.1 Å². The molecule has 1 unspecified atom stereocenters. The third-order valence-corrected chi connectivity index (χ3v) is 8.35. The number of hydrogen-bond acceptors (Lipinski definition) is 6. The van der Waals surface area contributed by atoms with E-state index in [0.29, 0.717) is 24.9 Å². The minimum Gasteiger partial charge on any atom is -0.396 e. The van der Waals surface area contributed by atoms with E-state index in [-0.39, 0.29) is 30.5 Å². The summed E-state index contributed by atoms with van der Waals surface area (Å²) in [7, 11) is 0. The average Bonchev–Trinajstić information content (AvgIpc) is 3.61. The molecule has 9 heteroatoms. The quantitative estimate of drug-likeness (QED) is 0.0917. The molecule has 0 spiro atoms. The minimum atomic E-state index is -0.663. The van der Waals surface area contributed by atoms with Crippen LogP contribution in [0.5, 0.6) is 0 Å². The SMILES string of the molecule is CCCN(CCC)CCC[C@H](NC(=O)c1ccc(CNC(CCO)c2ncc[nH]2)cc1)C(=O)N[C@@H](C)c1cccc2ccccc12. The summed E-state index contributed by atoms with van der Waals surface area (Å²) in [5.41, 5.74) is 2.54. The van der Waals surface area contributed by atoms with Gasteiger partial charge in [-0.15, -0.1) is 0 Å². The van der Waals surface area contributed by atoms with Gasteiger partial charge in [0.2, 0.25) is 5.91 Å². The van der Waals surface area contributed by atoms with Crippen molar-refractivity contribution >= 4 is 22.6 Å². The van der Waals surface area contributed by atoms with Crippen LogP contribution in [0.15, 0.2) is 79.1 Å². The number of rotatable bonds is 19. The number of amides is 2. The fraction of sp³-hybridized carbons (Fsp3) is 0.432. The maximum atomic E-state index is 13.7. The van der Waals surface area contributed by atoms with Crippen molar-refractivity contribution in [2.75, 3.05) is 26.2 Å². The molecular weight excluding hydrogens is 576 g/mol. The standard InChI is InChI=1S/C37H50N6O3/c1-4-22-43(23-5-2)24-9-14-34(37(46)41-27(3)31-13-8-11-29-10-6-7-12-32(29)31)42-36(45)30-17-15-28(16-18-30)26-40-33(19-25-44)35-38-20-21-39-35/h6-8,10-13,15-18,20-21,27,33-34,40,44H,4-5,9,14,19,22-26H2,1-3H3,(H,38,39)(H,41,46)(H,42,45)/t27-,33?,34-/m0/s1. The Hall–Kier alpha value is -4.05. The zero-order valence-electron chi connectivity index (χ0n) is 27.5. The second-order valence-corrected chi connectivity index (χ2v) is 11.9. The van der Waals surface area contributed by atoms with Crippen molar-refractivity contribution in [3.05, 3.63) is 102 Å². The van der Waals surface area contributed by atoms with Gasteiger partial charge in [0.25, 0.3) is 5.91 Å². The number of fused-ring (bicyclic) bond motifs is 1. The van der Waals surface area contributed by atoms with Gasteiger partial charge in [-0.25, -0.2) is 4.98 Å². The summed E-state index contributed by atoms with van der Waals surface area (Å²) >= 11 is 0. The van der Waals surface area contributed by atoms with Crippen LogP contribution in [-0.2, 0) is 11.3 Å². The zero-order chi connectivity index (χ0) is 32.7. The second-order valence-electron chi connectivity index (χ2n) is 11.9. The Morgan fingerprint density at radius 2 is 1.65 bits per heavy atom. The van der Waals surface area contributed by atoms with E-state index in [1.807, 2.05) is 43.3 Å². The summed E-state index contributed by atoms with van der Waals surface area (Å²) in [6.07, 6.45) is 7.50. The summed E-state index contributed by atoms with van der Waals surface area (Å²) < 4.78 is 0. The Labute approximate surface area is 273 Å². The van der Waals surface area contributed by atoms with Gasteiger partial charge in [0.05, 0.1) is 12.1 Å². The molecule has 0 saturated carbocycles. The molecular formula is C37H50N6O3. The van der Waals surface area contributed by atoms with Gasteiger partial charge < -0.3 is 30.9 Å². The van der Waals surface area contributed by atoms with Gasteiger partial charge in [0, 0.05) is 31.1 Å². The molecule has 0 aliphatic rings. The zero-order valence-corrected chi connectivity index (χ0v) is 27.5. The molecule has 0 radical (unpaired) electrons. The lowest BCUT2D eigenvalue weighted by Crippen LogP contribution is -2.47. The highest BCUT2D eigenvalue weighted by Crippen LogP contribution is 2.24. The molecule has 46 heavy (non-hydrogen) atoms. The third kappa shape index (κ3) is 9.97. The molecule has 3 aromatic carbocycles. The number of aromatic nitrogens is 2. The first kappa shape index (κ1) is 34.8. The lowest BCUT2D eigenvalue weighted by molar-refractivity contribution is -0.123. The van der Waals surface area contributed by atoms with Gasteiger partial charge >= 0.3 is 0 Å². The molecule has 246 valence electrons. The van der Waals surface area contributed by atoms with Crippen molar-refractivity contribution in [2.45, 2.75) is 77.5 Å². The summed E-state index contributed by atoms with van der Waals surface area (Å²) in [5, 5.41) is 21.3. The van der Waals surface area contributed by atoms with E-state index in [1.54, 1.807) is 24.5 Å². The molecule has 4 aromatic rings. The molecule has 5 N–H and O–H groups in total. The Bertz CT molecular complexity index is 1480. The van der Waals surface area contributed by atoms with Crippen molar-refractivity contribution in [3.8, 4) is 0 Å². The highest BCUT2D eigenvalue weighted by molar-refractivity contribution is 5.97. The number of imidazole rings is 1. The molecule has 0 aliphatic heterocycles. The van der Waals surface area contributed by atoms with Crippen molar-refractivity contribution < 1.29 is 14.7 Å². The molecule has 1 heterocycles. The number of nitrogens with one attached hydrogen (secondary N) is 4. The number of aliphatic hydroxyl groups excluding tert-OH is 1. The van der Waals surface area contributed by atoms with E-state index in [0.717, 1.165) is 66.6 Å². The number of aliphatic hydroxyl groups is 1. The lowest BCUT2D eigenvalue weighted by Gasteiger charge is -2.25. The Morgan fingerprint density at radius 1 is 0.913 bits per heavy atom. The number of benzene rings is 3. The van der Waals surface area contributed by atoms with Crippen molar-refractivity contribution in [1.29, 1.82) is 0 Å². The number of hydrogen-bond donors (Lipinski definition) is 5. The molecule has 1 aromatic heterocycles. The average molecular weight is 627 g/mol. The third-order valence-electron chi connectivity index (χ3n) is 8.35. The summed E-state index contributed by atoms with van der Waals surface area (Å²) in [5.74, 6) is 0.321. The van der Waals surface area contributed by atoms with Gasteiger partial charge in [-0.3, -0.25) is 9.59 Å². The monoisotopic (exact) mass is 626 g/mol. The van der Waals surface area contributed by atoms with Crippen molar-refractivity contribution in [2.24, 2.45) is 0 Å². The van der Waals surface area contributed by atoms with Gasteiger partial charge in [0.1, 0.15) is 11.9 Å². The van der Waals surface area contributed by atoms with E-state index in [1.165, 1.54) is 0 Å². The molecule has 9 nitrogen and oxygen atoms in total. The Morgan fingerprint density at radius 3 is 2.35 bits per heavy atom. The van der Waals surface area contributed by atoms with Crippen LogP contribution in [0.3, 0.4) is 0 Å². The summed E-state index contributed by atoms with van der Waals surface area (Å²) in [6, 6.07) is 20.7. The topological polar surface area (TPSA) is 122 Å². The van der Waals surface area contributed by atoms with Gasteiger partial charge in [-0.2, -0.15) is 0 Å². The molecule has 3 atom stereocenters. The fourth-order valence-electron chi connectivity index (χ4n) is 5.96. The van der Waals surface area contributed by atoms with Crippen molar-refractivity contribution in [3.63, 3.8) is 0 Å². The van der Waals surface area contributed by atoms with E-state index in [9.17, 15) is 14.7 Å². The maximum absolute atomic E-state index is 13.7. The largest absolute Gasteiger partial charge is 0.396 e. The molecule has 0 saturated heterocycles. The van der Waals surface area contributed by atoms with Crippen molar-refractivity contribution in [1.82, 2.24) is 30.8 Å². The van der Waals surface area contributed by atoms with Gasteiger partial charge in [0.15, 0.2) is 0 Å². The number of carbonyl (C=O) groups excluding carboxylic acids is 2. The molecule has 0 bridgehead atoms. The summed E-state index contributed by atoms with van der Waals surface area (Å²) in [4.78, 5) is 37.0. The van der Waals surface area contributed by atoms with E-state index < -0.39 is 6.04 Å². The van der Waals surface area contributed by atoms with Crippen LogP contribution in [0.2, 0.25) is 0 Å². The van der Waals surface area contributed by atoms with Crippen LogP contribution in [0.1, 0.15) is 92.3 Å². The minimum absolute atomic E-state index is 0.0438. The number of carbonyl (C=O) groups is 2. The first-order valence-corrected chi connectivity index (χ1v) is 16.7. The number of H-pyrrole nitrogens is 1. The van der Waals surface area contributed by atoms with Crippen LogP contribution in [0.25, 0.3) is 10.8 Å². The number of aromatic amines is 1. The van der Waals surface area contributed by atoms with Crippen LogP contribution < -0.4 is 16.0 Å². The Kier molecular flexibility index (Phi) is 13.8. The van der Waals surface area contributed by atoms with Crippen LogP contribution >= 0.6 is 0 Å². The van der Waals surface area contributed by atoms with Crippen LogP contribution in [0, 0.1) is 0 Å². The molecule has 0 fully saturated rings. The lowest BCUT2D eigenvalue weighted by atomic mass is 9.99.